The van der Waals surface area contributed by atoms with Crippen LogP contribution in [0.2, 0.25) is 0 Å². The number of anilines is 2. The molecule has 0 bridgehead atoms. The fraction of sp³-hybridized carbons (Fsp3) is 0.294. The van der Waals surface area contributed by atoms with Crippen LogP contribution in [0.1, 0.15) is 24.8 Å². The molecule has 0 fully saturated rings. The Balaban J connectivity index is 1.92. The van der Waals surface area contributed by atoms with Gasteiger partial charge in [0.2, 0.25) is 5.91 Å². The highest BCUT2D eigenvalue weighted by Gasteiger charge is 2.29. The molecule has 0 saturated heterocycles. The summed E-state index contributed by atoms with van der Waals surface area (Å²) in [6.07, 6.45) is 4.28. The highest BCUT2D eigenvalue weighted by molar-refractivity contribution is 5.99. The molecular weight excluding hydrogens is 262 g/mol. The van der Waals surface area contributed by atoms with Crippen LogP contribution in [0.15, 0.2) is 48.8 Å². The molecule has 1 aliphatic heterocycles. The van der Waals surface area contributed by atoms with Crippen molar-refractivity contribution in [1.29, 1.82) is 0 Å². The monoisotopic (exact) mass is 281 g/mol. The van der Waals surface area contributed by atoms with Gasteiger partial charge in [0.05, 0.1) is 5.92 Å². The number of nitrogens with zero attached hydrogens (tertiary/aromatic N) is 2. The van der Waals surface area contributed by atoms with Crippen molar-refractivity contribution in [2.24, 2.45) is 0 Å². The van der Waals surface area contributed by atoms with Crippen LogP contribution in [0.5, 0.6) is 0 Å². The number of para-hydroxylation sites is 1. The van der Waals surface area contributed by atoms with Crippen LogP contribution >= 0.6 is 0 Å². The third kappa shape index (κ3) is 2.61. The number of nitrogens with one attached hydrogen (secondary N) is 1. The SMILES string of the molecule is CCN(C(=O)C1CCNc2ccccc21)c1ccncc1. The zero-order valence-electron chi connectivity index (χ0n) is 12.1. The maximum atomic E-state index is 13.0. The summed E-state index contributed by atoms with van der Waals surface area (Å²) in [5, 5.41) is 3.36. The smallest absolute Gasteiger partial charge is 0.234 e. The molecule has 1 aliphatic rings. The topological polar surface area (TPSA) is 45.2 Å². The Kier molecular flexibility index (Phi) is 3.86. The first-order valence-corrected chi connectivity index (χ1v) is 7.35. The zero-order valence-corrected chi connectivity index (χ0v) is 12.1. The fourth-order valence-electron chi connectivity index (χ4n) is 2.90. The summed E-state index contributed by atoms with van der Waals surface area (Å²) in [6.45, 7) is 3.50. The molecule has 2 aromatic rings. The lowest BCUT2D eigenvalue weighted by Gasteiger charge is -2.30. The molecule has 0 aliphatic carbocycles. The van der Waals surface area contributed by atoms with Crippen LogP contribution in [-0.4, -0.2) is 24.0 Å². The molecule has 108 valence electrons. The summed E-state index contributed by atoms with van der Waals surface area (Å²) < 4.78 is 0. The number of hydrogen-bond donors (Lipinski definition) is 1. The van der Waals surface area contributed by atoms with E-state index >= 15 is 0 Å². The molecule has 1 N–H and O–H groups in total. The molecule has 21 heavy (non-hydrogen) atoms. The molecule has 1 aromatic heterocycles. The number of amides is 1. The molecule has 4 heteroatoms. The minimum atomic E-state index is -0.0736. The molecule has 0 saturated carbocycles. The van der Waals surface area contributed by atoms with E-state index < -0.39 is 0 Å². The first-order chi connectivity index (χ1) is 10.3. The van der Waals surface area contributed by atoms with E-state index in [1.54, 1.807) is 12.4 Å². The number of rotatable bonds is 3. The quantitative estimate of drug-likeness (QED) is 0.940. The lowest BCUT2D eigenvalue weighted by molar-refractivity contribution is -0.120. The summed E-state index contributed by atoms with van der Waals surface area (Å²) in [7, 11) is 0. The number of carbonyl (C=O) groups is 1. The molecule has 0 radical (unpaired) electrons. The maximum Gasteiger partial charge on any atom is 0.234 e. The van der Waals surface area contributed by atoms with Gasteiger partial charge in [-0.25, -0.2) is 0 Å². The van der Waals surface area contributed by atoms with E-state index in [0.29, 0.717) is 6.54 Å². The molecule has 1 amide bonds. The van der Waals surface area contributed by atoms with Crippen LogP contribution in [0, 0.1) is 0 Å². The van der Waals surface area contributed by atoms with Gasteiger partial charge in [-0.3, -0.25) is 9.78 Å². The van der Waals surface area contributed by atoms with Gasteiger partial charge in [-0.2, -0.15) is 0 Å². The van der Waals surface area contributed by atoms with Crippen molar-refractivity contribution in [1.82, 2.24) is 4.98 Å². The molecule has 1 unspecified atom stereocenters. The molecule has 3 rings (SSSR count). The number of fused-ring (bicyclic) bond motifs is 1. The second kappa shape index (κ2) is 5.95. The van der Waals surface area contributed by atoms with Crippen molar-refractivity contribution < 1.29 is 4.79 Å². The Morgan fingerprint density at radius 1 is 1.29 bits per heavy atom. The van der Waals surface area contributed by atoms with Crippen LogP contribution in [0.4, 0.5) is 11.4 Å². The number of aromatic nitrogens is 1. The van der Waals surface area contributed by atoms with Gasteiger partial charge < -0.3 is 10.2 Å². The van der Waals surface area contributed by atoms with E-state index in [9.17, 15) is 4.79 Å². The van der Waals surface area contributed by atoms with Gasteiger partial charge >= 0.3 is 0 Å². The predicted molar refractivity (Wildman–Crippen MR) is 84.6 cm³/mol. The van der Waals surface area contributed by atoms with Gasteiger partial charge in [0.25, 0.3) is 0 Å². The largest absolute Gasteiger partial charge is 0.385 e. The van der Waals surface area contributed by atoms with Crippen molar-refractivity contribution in [3.8, 4) is 0 Å². The van der Waals surface area contributed by atoms with Gasteiger partial charge in [0.15, 0.2) is 0 Å². The minimum Gasteiger partial charge on any atom is -0.385 e. The van der Waals surface area contributed by atoms with E-state index in [-0.39, 0.29) is 11.8 Å². The van der Waals surface area contributed by atoms with Crippen molar-refractivity contribution in [2.75, 3.05) is 23.3 Å². The van der Waals surface area contributed by atoms with Crippen LogP contribution in [0.3, 0.4) is 0 Å². The lowest BCUT2D eigenvalue weighted by Crippen LogP contribution is -2.37. The minimum absolute atomic E-state index is 0.0736. The van der Waals surface area contributed by atoms with Crippen LogP contribution in [-0.2, 0) is 4.79 Å². The van der Waals surface area contributed by atoms with Crippen LogP contribution < -0.4 is 10.2 Å². The third-order valence-corrected chi connectivity index (χ3v) is 3.94. The Morgan fingerprint density at radius 3 is 2.81 bits per heavy atom. The van der Waals surface area contributed by atoms with E-state index in [1.165, 1.54) is 0 Å². The van der Waals surface area contributed by atoms with Gasteiger partial charge in [0.1, 0.15) is 0 Å². The van der Waals surface area contributed by atoms with Crippen molar-refractivity contribution in [3.63, 3.8) is 0 Å². The summed E-state index contributed by atoms with van der Waals surface area (Å²) in [4.78, 5) is 18.8. The Hall–Kier alpha value is -2.36. The molecule has 1 atom stereocenters. The Bertz CT molecular complexity index is 627. The average Bonchev–Trinajstić information content (AvgIpc) is 2.56. The number of carbonyl (C=O) groups excluding carboxylic acids is 1. The van der Waals surface area contributed by atoms with E-state index in [4.69, 9.17) is 0 Å². The number of hydrogen-bond acceptors (Lipinski definition) is 3. The molecule has 4 nitrogen and oxygen atoms in total. The van der Waals surface area contributed by atoms with E-state index in [2.05, 4.69) is 10.3 Å². The molecule has 2 heterocycles. The van der Waals surface area contributed by atoms with Gasteiger partial charge in [-0.15, -0.1) is 0 Å². The molecule has 0 spiro atoms. The van der Waals surface area contributed by atoms with E-state index in [0.717, 1.165) is 29.9 Å². The predicted octanol–water partition coefficient (Wildman–Crippen LogP) is 3.03. The fourth-order valence-corrected chi connectivity index (χ4v) is 2.90. The van der Waals surface area contributed by atoms with Crippen molar-refractivity contribution in [2.45, 2.75) is 19.3 Å². The first kappa shape index (κ1) is 13.6. The maximum absolute atomic E-state index is 13.0. The highest BCUT2D eigenvalue weighted by Crippen LogP contribution is 2.33. The summed E-state index contributed by atoms with van der Waals surface area (Å²) in [5.41, 5.74) is 3.09. The lowest BCUT2D eigenvalue weighted by atomic mass is 9.89. The van der Waals surface area contributed by atoms with Gasteiger partial charge in [-0.1, -0.05) is 18.2 Å². The highest BCUT2D eigenvalue weighted by atomic mass is 16.2. The van der Waals surface area contributed by atoms with Crippen LogP contribution in [0.25, 0.3) is 0 Å². The van der Waals surface area contributed by atoms with Gasteiger partial charge in [-0.05, 0) is 37.1 Å². The van der Waals surface area contributed by atoms with E-state index in [1.807, 2.05) is 48.2 Å². The second-order valence-corrected chi connectivity index (χ2v) is 5.14. The Morgan fingerprint density at radius 2 is 2.05 bits per heavy atom. The number of pyridine rings is 1. The van der Waals surface area contributed by atoms with Gasteiger partial charge in [0, 0.05) is 36.9 Å². The number of benzene rings is 1. The normalized spacial score (nSPS) is 16.7. The summed E-state index contributed by atoms with van der Waals surface area (Å²) >= 11 is 0. The first-order valence-electron chi connectivity index (χ1n) is 7.35. The summed E-state index contributed by atoms with van der Waals surface area (Å²) in [6, 6.07) is 11.8. The second-order valence-electron chi connectivity index (χ2n) is 5.14. The third-order valence-electron chi connectivity index (χ3n) is 3.94. The summed E-state index contributed by atoms with van der Waals surface area (Å²) in [5.74, 6) is 0.0909. The van der Waals surface area contributed by atoms with Crippen molar-refractivity contribution in [3.05, 3.63) is 54.4 Å². The molecule has 1 aromatic carbocycles. The number of likely N-dealkylation sites (N-methyl/N-ethyl adjacent to an activating group) is 1. The van der Waals surface area contributed by atoms with Crippen molar-refractivity contribution >= 4 is 17.3 Å². The standard InChI is InChI=1S/C17H19N3O/c1-2-20(13-7-10-18-11-8-13)17(21)15-9-12-19-16-6-4-3-5-14(15)16/h3-8,10-11,15,19H,2,9,12H2,1H3. The zero-order chi connectivity index (χ0) is 14.7. The Labute approximate surface area is 124 Å². The molecular formula is C17H19N3O. The average molecular weight is 281 g/mol.